The zero-order valence-electron chi connectivity index (χ0n) is 13.8. The monoisotopic (exact) mass is 328 g/mol. The SMILES string of the molecule is CC#COC1CCC2C3CCC(OCCC)C(F)C3OC2C1F. The van der Waals surface area contributed by atoms with Crippen LogP contribution in [0.25, 0.3) is 0 Å². The van der Waals surface area contributed by atoms with E-state index in [0.29, 0.717) is 19.4 Å². The lowest BCUT2D eigenvalue weighted by Crippen LogP contribution is -2.45. The molecular formula is C18H26F2O3. The fourth-order valence-electron chi connectivity index (χ4n) is 4.41. The average molecular weight is 328 g/mol. The van der Waals surface area contributed by atoms with Gasteiger partial charge in [0, 0.05) is 13.5 Å². The van der Waals surface area contributed by atoms with Crippen molar-refractivity contribution in [3.8, 4) is 12.0 Å². The summed E-state index contributed by atoms with van der Waals surface area (Å²) in [4.78, 5) is 0. The molecule has 0 N–H and O–H groups in total. The molecule has 3 nitrogen and oxygen atoms in total. The molecule has 8 atom stereocenters. The molecular weight excluding hydrogens is 302 g/mol. The van der Waals surface area contributed by atoms with Crippen LogP contribution in [-0.4, -0.2) is 43.4 Å². The maximum Gasteiger partial charge on any atom is 0.164 e. The molecule has 1 aliphatic heterocycles. The first-order valence-corrected chi connectivity index (χ1v) is 8.80. The molecule has 0 radical (unpaired) electrons. The van der Waals surface area contributed by atoms with E-state index in [1.165, 1.54) is 0 Å². The van der Waals surface area contributed by atoms with Gasteiger partial charge in [0.15, 0.2) is 12.3 Å². The van der Waals surface area contributed by atoms with Crippen molar-refractivity contribution in [3.63, 3.8) is 0 Å². The van der Waals surface area contributed by atoms with Crippen LogP contribution in [0.5, 0.6) is 0 Å². The fraction of sp³-hybridized carbons (Fsp3) is 0.889. The van der Waals surface area contributed by atoms with Gasteiger partial charge in [-0.25, -0.2) is 8.78 Å². The Morgan fingerprint density at radius 1 is 1.00 bits per heavy atom. The standard InChI is InChI=1S/C18H26F2O3/c1-3-9-21-13-7-5-11-12-6-8-14(22-10-4-2)16(20)18(12)23-17(11)15(13)19/h11-18H,3,5-9H2,1-2H3. The van der Waals surface area contributed by atoms with Crippen molar-refractivity contribution in [2.75, 3.05) is 6.61 Å². The van der Waals surface area contributed by atoms with E-state index in [1.807, 2.05) is 6.92 Å². The Morgan fingerprint density at radius 3 is 2.22 bits per heavy atom. The number of halogens is 2. The first kappa shape index (κ1) is 17.0. The van der Waals surface area contributed by atoms with Crippen molar-refractivity contribution < 1.29 is 23.0 Å². The lowest BCUT2D eigenvalue weighted by atomic mass is 9.71. The van der Waals surface area contributed by atoms with Gasteiger partial charge >= 0.3 is 0 Å². The molecule has 0 spiro atoms. The third-order valence-electron chi connectivity index (χ3n) is 5.46. The van der Waals surface area contributed by atoms with Crippen molar-refractivity contribution in [3.05, 3.63) is 0 Å². The van der Waals surface area contributed by atoms with E-state index >= 15 is 0 Å². The minimum Gasteiger partial charge on any atom is -0.440 e. The molecule has 3 fully saturated rings. The summed E-state index contributed by atoms with van der Waals surface area (Å²) < 4.78 is 46.2. The molecule has 0 aromatic rings. The first-order valence-electron chi connectivity index (χ1n) is 8.80. The summed E-state index contributed by atoms with van der Waals surface area (Å²) in [6.45, 7) is 4.23. The molecule has 0 aromatic heterocycles. The third-order valence-corrected chi connectivity index (χ3v) is 5.46. The van der Waals surface area contributed by atoms with Gasteiger partial charge in [-0.3, -0.25) is 0 Å². The van der Waals surface area contributed by atoms with Gasteiger partial charge in [-0.15, -0.1) is 0 Å². The quantitative estimate of drug-likeness (QED) is 0.740. The predicted molar refractivity (Wildman–Crippen MR) is 82.3 cm³/mol. The molecule has 2 aliphatic carbocycles. The summed E-state index contributed by atoms with van der Waals surface area (Å²) in [5, 5.41) is 0. The molecule has 1 heterocycles. The summed E-state index contributed by atoms with van der Waals surface area (Å²) in [5.74, 6) is 2.82. The van der Waals surface area contributed by atoms with Crippen LogP contribution in [0.15, 0.2) is 0 Å². The zero-order chi connectivity index (χ0) is 16.4. The van der Waals surface area contributed by atoms with E-state index in [4.69, 9.17) is 14.2 Å². The molecule has 1 saturated heterocycles. The highest BCUT2D eigenvalue weighted by Gasteiger charge is 2.57. The summed E-state index contributed by atoms with van der Waals surface area (Å²) in [7, 11) is 0. The summed E-state index contributed by atoms with van der Waals surface area (Å²) in [6, 6.07) is 0. The molecule has 23 heavy (non-hydrogen) atoms. The van der Waals surface area contributed by atoms with Gasteiger partial charge in [0.05, 0.1) is 18.3 Å². The number of rotatable bonds is 4. The second kappa shape index (κ2) is 7.36. The Bertz CT molecular complexity index is 461. The van der Waals surface area contributed by atoms with Gasteiger partial charge in [0.2, 0.25) is 0 Å². The van der Waals surface area contributed by atoms with Crippen LogP contribution in [0.2, 0.25) is 0 Å². The van der Waals surface area contributed by atoms with Gasteiger partial charge in [-0.1, -0.05) is 12.8 Å². The molecule has 0 bridgehead atoms. The molecule has 0 amide bonds. The second-order valence-electron chi connectivity index (χ2n) is 6.85. The van der Waals surface area contributed by atoms with Crippen LogP contribution >= 0.6 is 0 Å². The van der Waals surface area contributed by atoms with Crippen molar-refractivity contribution in [2.24, 2.45) is 11.8 Å². The summed E-state index contributed by atoms with van der Waals surface area (Å²) in [6.07, 6.45) is 1.89. The van der Waals surface area contributed by atoms with Crippen LogP contribution in [0, 0.1) is 23.9 Å². The smallest absolute Gasteiger partial charge is 0.164 e. The predicted octanol–water partition coefficient (Wildman–Crippen LogP) is 3.41. The van der Waals surface area contributed by atoms with Gasteiger partial charge in [-0.05, 0) is 43.9 Å². The van der Waals surface area contributed by atoms with Gasteiger partial charge < -0.3 is 14.2 Å². The van der Waals surface area contributed by atoms with Crippen molar-refractivity contribution in [1.82, 2.24) is 0 Å². The van der Waals surface area contributed by atoms with E-state index in [-0.39, 0.29) is 11.8 Å². The Morgan fingerprint density at radius 2 is 1.61 bits per heavy atom. The van der Waals surface area contributed by atoms with Gasteiger partial charge in [-0.2, -0.15) is 0 Å². The van der Waals surface area contributed by atoms with Crippen molar-refractivity contribution >= 4 is 0 Å². The highest BCUT2D eigenvalue weighted by Crippen LogP contribution is 2.49. The van der Waals surface area contributed by atoms with E-state index in [1.54, 1.807) is 6.92 Å². The Labute approximate surface area is 137 Å². The second-order valence-corrected chi connectivity index (χ2v) is 6.85. The number of fused-ring (bicyclic) bond motifs is 3. The van der Waals surface area contributed by atoms with E-state index in [0.717, 1.165) is 19.3 Å². The molecule has 5 heteroatoms. The molecule has 130 valence electrons. The largest absolute Gasteiger partial charge is 0.440 e. The molecule has 3 rings (SSSR count). The molecule has 3 aliphatic rings. The molecule has 2 saturated carbocycles. The fourth-order valence-corrected chi connectivity index (χ4v) is 4.41. The Balaban J connectivity index is 1.66. The summed E-state index contributed by atoms with van der Waals surface area (Å²) >= 11 is 0. The highest BCUT2D eigenvalue weighted by molar-refractivity contribution is 5.05. The number of alkyl halides is 2. The topological polar surface area (TPSA) is 27.7 Å². The van der Waals surface area contributed by atoms with E-state index in [9.17, 15) is 8.78 Å². The maximum atomic E-state index is 14.8. The summed E-state index contributed by atoms with van der Waals surface area (Å²) in [5.41, 5.74) is 0. The first-order chi connectivity index (χ1) is 11.2. The Kier molecular flexibility index (Phi) is 5.43. The lowest BCUT2D eigenvalue weighted by molar-refractivity contribution is -0.125. The Hall–Kier alpha value is -0.860. The minimum absolute atomic E-state index is 0.0924. The third kappa shape index (κ3) is 3.21. The molecule has 0 aromatic carbocycles. The van der Waals surface area contributed by atoms with Crippen LogP contribution in [0.4, 0.5) is 8.78 Å². The van der Waals surface area contributed by atoms with Gasteiger partial charge in [0.25, 0.3) is 0 Å². The van der Waals surface area contributed by atoms with Crippen LogP contribution in [0.3, 0.4) is 0 Å². The number of hydrogen-bond acceptors (Lipinski definition) is 3. The van der Waals surface area contributed by atoms with Crippen LogP contribution < -0.4 is 0 Å². The average Bonchev–Trinajstić information content (AvgIpc) is 2.94. The maximum absolute atomic E-state index is 14.8. The normalized spacial score (nSPS) is 45.6. The lowest BCUT2D eigenvalue weighted by Gasteiger charge is -2.37. The highest BCUT2D eigenvalue weighted by atomic mass is 19.1. The van der Waals surface area contributed by atoms with E-state index in [2.05, 4.69) is 12.0 Å². The van der Waals surface area contributed by atoms with Crippen molar-refractivity contribution in [2.45, 2.75) is 82.7 Å². The van der Waals surface area contributed by atoms with Crippen molar-refractivity contribution in [1.29, 1.82) is 0 Å². The van der Waals surface area contributed by atoms with Crippen LogP contribution in [-0.2, 0) is 14.2 Å². The minimum atomic E-state index is -1.23. The van der Waals surface area contributed by atoms with E-state index < -0.39 is 36.8 Å². The van der Waals surface area contributed by atoms with Gasteiger partial charge in [0.1, 0.15) is 12.2 Å². The number of hydrogen-bond donors (Lipinski definition) is 0. The number of ether oxygens (including phenoxy) is 3. The molecule has 8 unspecified atom stereocenters. The zero-order valence-corrected chi connectivity index (χ0v) is 13.8. The van der Waals surface area contributed by atoms with Crippen LogP contribution in [0.1, 0.15) is 46.0 Å².